The molecule has 3 aromatic rings. The van der Waals surface area contributed by atoms with E-state index in [0.717, 1.165) is 48.6 Å². The van der Waals surface area contributed by atoms with E-state index in [1.165, 1.54) is 7.11 Å². The molecule has 2 aliphatic heterocycles. The lowest BCUT2D eigenvalue weighted by molar-refractivity contribution is -0.829. The number of nitrogens with zero attached hydrogens (tertiary/aromatic N) is 2. The minimum atomic E-state index is -0.921. The van der Waals surface area contributed by atoms with Crippen LogP contribution in [0.15, 0.2) is 72.8 Å². The third kappa shape index (κ3) is 6.36. The zero-order chi connectivity index (χ0) is 28.8. The van der Waals surface area contributed by atoms with Crippen molar-refractivity contribution in [2.24, 2.45) is 0 Å². The number of hydrogen-bond donors (Lipinski definition) is 3. The minimum Gasteiger partial charge on any atom is -0.444 e. The third-order valence-corrected chi connectivity index (χ3v) is 7.69. The number of aliphatic hydroxyl groups is 1. The first-order chi connectivity index (χ1) is 20.0. The number of anilines is 2. The smallest absolute Gasteiger partial charge is 0.414 e. The number of cyclic esters (lactones) is 1. The molecule has 0 aromatic heterocycles. The van der Waals surface area contributed by atoms with Crippen molar-refractivity contribution in [2.75, 3.05) is 43.7 Å². The van der Waals surface area contributed by atoms with Crippen LogP contribution in [0.25, 0.3) is 0 Å². The summed E-state index contributed by atoms with van der Waals surface area (Å²) in [7, 11) is 3.11. The van der Waals surface area contributed by atoms with Crippen LogP contribution in [0.3, 0.4) is 0 Å². The van der Waals surface area contributed by atoms with Crippen molar-refractivity contribution in [1.29, 1.82) is 0 Å². The Hall–Kier alpha value is -3.96. The number of carbonyl (C=O) groups excluding carboxylic acids is 2. The van der Waals surface area contributed by atoms with Gasteiger partial charge in [0.25, 0.3) is 5.91 Å². The number of hydrogen-bond acceptors (Lipinski definition) is 7. The molecule has 0 bridgehead atoms. The number of methoxy groups -OCH3 is 1. The standard InChI is InChI=1S/C31H36N4O6/c1-39-20-26(29(36)21-8-4-3-5-9-21)32-30(37)22-12-13-28(25(18-22)33-40-2)34-16-14-24(15-17-34)35-27-11-7-6-10-23(27)19-41-31(35)38/h3-13,18,24,26,29,33,36H,14-17,19-20H2,1-2H3,(H,32,37)/p+1. The number of fused-ring (bicyclic) bond motifs is 1. The first kappa shape index (κ1) is 28.6. The Morgan fingerprint density at radius 2 is 1.78 bits per heavy atom. The van der Waals surface area contributed by atoms with Crippen LogP contribution >= 0.6 is 0 Å². The highest BCUT2D eigenvalue weighted by Gasteiger charge is 2.35. The van der Waals surface area contributed by atoms with Gasteiger partial charge in [-0.15, -0.1) is 0 Å². The second kappa shape index (κ2) is 13.1. The Balaban J connectivity index is 1.28. The van der Waals surface area contributed by atoms with E-state index < -0.39 is 12.1 Å². The number of amides is 2. The highest BCUT2D eigenvalue weighted by Crippen LogP contribution is 2.34. The van der Waals surface area contributed by atoms with Gasteiger partial charge in [-0.2, -0.15) is 5.48 Å². The third-order valence-electron chi connectivity index (χ3n) is 7.69. The fourth-order valence-corrected chi connectivity index (χ4v) is 5.62. The predicted molar refractivity (Wildman–Crippen MR) is 154 cm³/mol. The minimum absolute atomic E-state index is 0.0360. The highest BCUT2D eigenvalue weighted by atomic mass is 16.6. The van der Waals surface area contributed by atoms with Crippen LogP contribution in [0.5, 0.6) is 0 Å². The van der Waals surface area contributed by atoms with Gasteiger partial charge in [0.2, 0.25) is 0 Å². The van der Waals surface area contributed by atoms with Crippen molar-refractivity contribution < 1.29 is 34.5 Å². The van der Waals surface area contributed by atoms with Crippen LogP contribution in [-0.4, -0.2) is 63.1 Å². The summed E-state index contributed by atoms with van der Waals surface area (Å²) in [6.45, 7) is 1.91. The number of aliphatic hydroxyl groups excluding tert-OH is 1. The first-order valence-corrected chi connectivity index (χ1v) is 13.8. The molecule has 10 heteroatoms. The van der Waals surface area contributed by atoms with Gasteiger partial charge in [0.05, 0.1) is 25.4 Å². The molecule has 41 heavy (non-hydrogen) atoms. The molecule has 0 radical (unpaired) electrons. The average molecular weight is 562 g/mol. The lowest BCUT2D eigenvalue weighted by Gasteiger charge is -2.40. The molecule has 2 heterocycles. The number of quaternary nitrogens is 1. The summed E-state index contributed by atoms with van der Waals surface area (Å²) in [5.41, 5.74) is 6.43. The molecule has 2 atom stereocenters. The fourth-order valence-electron chi connectivity index (χ4n) is 5.62. The van der Waals surface area contributed by atoms with Crippen LogP contribution in [0.4, 0.5) is 21.9 Å². The number of para-hydroxylation sites is 1. The largest absolute Gasteiger partial charge is 0.444 e. The highest BCUT2D eigenvalue weighted by molar-refractivity contribution is 5.96. The van der Waals surface area contributed by atoms with E-state index in [-0.39, 0.29) is 24.6 Å². The normalized spacial score (nSPS) is 17.0. The summed E-state index contributed by atoms with van der Waals surface area (Å²) >= 11 is 0. The molecule has 0 saturated carbocycles. The number of piperidine rings is 1. The lowest BCUT2D eigenvalue weighted by Crippen LogP contribution is -2.76. The molecular weight excluding hydrogens is 524 g/mol. The summed E-state index contributed by atoms with van der Waals surface area (Å²) in [6.07, 6.45) is 0.326. The van der Waals surface area contributed by atoms with Crippen LogP contribution in [0.2, 0.25) is 0 Å². The number of nitrogens with one attached hydrogen (secondary N) is 1. The van der Waals surface area contributed by atoms with E-state index in [9.17, 15) is 14.7 Å². The molecule has 1 fully saturated rings. The van der Waals surface area contributed by atoms with Crippen molar-refractivity contribution in [3.63, 3.8) is 0 Å². The maximum absolute atomic E-state index is 13.3. The lowest BCUT2D eigenvalue weighted by atomic mass is 9.99. The molecular formula is C31H37N4O6+. The van der Waals surface area contributed by atoms with Gasteiger partial charge in [0.1, 0.15) is 18.4 Å². The number of benzene rings is 3. The van der Waals surface area contributed by atoms with Gasteiger partial charge in [-0.3, -0.25) is 9.69 Å². The molecule has 0 spiro atoms. The van der Waals surface area contributed by atoms with E-state index in [4.69, 9.17) is 14.3 Å². The van der Waals surface area contributed by atoms with Crippen molar-refractivity contribution >= 4 is 29.1 Å². The average Bonchev–Trinajstić information content (AvgIpc) is 3.01. The van der Waals surface area contributed by atoms with Crippen molar-refractivity contribution in [1.82, 2.24) is 5.32 Å². The number of carbonyl (C=O) groups is 2. The molecule has 216 valence electrons. The maximum Gasteiger partial charge on any atom is 0.414 e. The van der Waals surface area contributed by atoms with Gasteiger partial charge in [0, 0.05) is 43.4 Å². The second-order valence-electron chi connectivity index (χ2n) is 10.3. The van der Waals surface area contributed by atoms with Gasteiger partial charge < -0.3 is 24.8 Å². The van der Waals surface area contributed by atoms with Crippen molar-refractivity contribution in [3.05, 3.63) is 89.5 Å². The van der Waals surface area contributed by atoms with Gasteiger partial charge >= 0.3 is 6.09 Å². The van der Waals surface area contributed by atoms with E-state index in [0.29, 0.717) is 17.7 Å². The molecule has 2 unspecified atom stereocenters. The molecule has 5 rings (SSSR count). The van der Waals surface area contributed by atoms with E-state index >= 15 is 0 Å². The zero-order valence-electron chi connectivity index (χ0n) is 23.4. The van der Waals surface area contributed by atoms with E-state index in [1.54, 1.807) is 29.6 Å². The molecule has 0 aliphatic carbocycles. The van der Waals surface area contributed by atoms with Gasteiger partial charge in [0.15, 0.2) is 5.69 Å². The van der Waals surface area contributed by atoms with Crippen LogP contribution in [0.1, 0.15) is 40.4 Å². The molecule has 4 N–H and O–H groups in total. The van der Waals surface area contributed by atoms with Gasteiger partial charge in [-0.1, -0.05) is 48.5 Å². The predicted octanol–water partition coefficient (Wildman–Crippen LogP) is 3.05. The molecule has 2 amide bonds. The zero-order valence-corrected chi connectivity index (χ0v) is 23.4. The summed E-state index contributed by atoms with van der Waals surface area (Å²) < 4.78 is 10.7. The van der Waals surface area contributed by atoms with E-state index in [2.05, 4.69) is 10.2 Å². The molecule has 10 nitrogen and oxygen atoms in total. The Labute approximate surface area is 239 Å². The topological polar surface area (TPSA) is 117 Å². The van der Waals surface area contributed by atoms with Crippen LogP contribution < -0.4 is 20.6 Å². The monoisotopic (exact) mass is 561 g/mol. The molecule has 1 saturated heterocycles. The summed E-state index contributed by atoms with van der Waals surface area (Å²) in [6, 6.07) is 22.0. The Bertz CT molecular complexity index is 1350. The number of nitrogens with two attached hydrogens (primary N) is 1. The summed E-state index contributed by atoms with van der Waals surface area (Å²) in [5.74, 6) is -0.319. The second-order valence-corrected chi connectivity index (χ2v) is 10.3. The van der Waals surface area contributed by atoms with Crippen molar-refractivity contribution in [3.8, 4) is 0 Å². The van der Waals surface area contributed by atoms with Crippen molar-refractivity contribution in [2.45, 2.75) is 37.6 Å². The Morgan fingerprint density at radius 3 is 2.51 bits per heavy atom. The Kier molecular flexibility index (Phi) is 9.15. The van der Waals surface area contributed by atoms with Gasteiger partial charge in [-0.05, 0) is 36.6 Å². The van der Waals surface area contributed by atoms with Crippen LogP contribution in [0, 0.1) is 0 Å². The maximum atomic E-state index is 13.3. The van der Waals surface area contributed by atoms with E-state index in [1.807, 2.05) is 60.7 Å². The molecule has 3 aromatic carbocycles. The van der Waals surface area contributed by atoms with Crippen LogP contribution in [-0.2, 0) is 20.9 Å². The quantitative estimate of drug-likeness (QED) is 0.257. The first-order valence-electron chi connectivity index (χ1n) is 13.8. The summed E-state index contributed by atoms with van der Waals surface area (Å²) in [5, 5.41) is 13.8. The molecule has 2 aliphatic rings. The van der Waals surface area contributed by atoms with Gasteiger partial charge in [-0.25, -0.2) is 9.63 Å². The SMILES string of the molecule is COCC(NC(=O)c1ccc(N2CCC(N3C(=O)OCc4ccccc43)CC2)c([NH2+]OC)c1)C(O)c1ccccc1. The fraction of sp³-hybridized carbons (Fsp3) is 0.355. The Morgan fingerprint density at radius 1 is 1.05 bits per heavy atom. The number of ether oxygens (including phenoxy) is 2. The number of rotatable bonds is 10. The summed E-state index contributed by atoms with van der Waals surface area (Å²) in [4.78, 5) is 35.4.